The fourth-order valence-electron chi connectivity index (χ4n) is 2.77. The van der Waals surface area contributed by atoms with Crippen molar-refractivity contribution in [2.45, 2.75) is 13.8 Å². The number of carbonyl (C=O) groups excluding carboxylic acids is 3. The molecule has 3 aromatic rings. The topological polar surface area (TPSA) is 85.6 Å². The number of rotatable bonds is 7. The molecule has 0 radical (unpaired) electrons. The van der Waals surface area contributed by atoms with Crippen molar-refractivity contribution in [1.29, 1.82) is 0 Å². The first-order valence-electron chi connectivity index (χ1n) is 8.73. The van der Waals surface area contributed by atoms with E-state index in [2.05, 4.69) is 5.32 Å². The summed E-state index contributed by atoms with van der Waals surface area (Å²) < 4.78 is 10.6. The van der Waals surface area contributed by atoms with E-state index in [1.54, 1.807) is 36.4 Å². The molecule has 1 heterocycles. The Hall–Kier alpha value is -3.67. The van der Waals surface area contributed by atoms with Crippen molar-refractivity contribution in [2.24, 2.45) is 0 Å². The van der Waals surface area contributed by atoms with E-state index < -0.39 is 5.91 Å². The second-order valence-corrected chi connectivity index (χ2v) is 6.13. The van der Waals surface area contributed by atoms with Crippen LogP contribution in [0.3, 0.4) is 0 Å². The second-order valence-electron chi connectivity index (χ2n) is 6.13. The zero-order valence-electron chi connectivity index (χ0n) is 15.5. The minimum Gasteiger partial charge on any atom is -0.492 e. The third kappa shape index (κ3) is 4.17. The largest absolute Gasteiger partial charge is 0.492 e. The lowest BCUT2D eigenvalue weighted by Gasteiger charge is -2.13. The number of aldehydes is 1. The molecule has 0 fully saturated rings. The Morgan fingerprint density at radius 3 is 2.54 bits per heavy atom. The Bertz CT molecular complexity index is 1020. The van der Waals surface area contributed by atoms with Gasteiger partial charge >= 0.3 is 0 Å². The molecule has 1 N–H and O–H groups in total. The Balaban J connectivity index is 1.97. The quantitative estimate of drug-likeness (QED) is 0.480. The average Bonchev–Trinajstić information content (AvgIpc) is 3.23. The van der Waals surface area contributed by atoms with Crippen LogP contribution in [-0.4, -0.2) is 24.6 Å². The molecule has 3 rings (SSSR count). The molecule has 0 aliphatic carbocycles. The number of nitrogens with one attached hydrogen (secondary N) is 1. The van der Waals surface area contributed by atoms with Crippen LogP contribution in [0.4, 0.5) is 5.69 Å². The van der Waals surface area contributed by atoms with Gasteiger partial charge in [0, 0.05) is 22.3 Å². The van der Waals surface area contributed by atoms with Gasteiger partial charge in [0.25, 0.3) is 5.91 Å². The number of amides is 1. The summed E-state index contributed by atoms with van der Waals surface area (Å²) in [5, 5.41) is 2.78. The lowest BCUT2D eigenvalue weighted by Crippen LogP contribution is -2.14. The van der Waals surface area contributed by atoms with Crippen molar-refractivity contribution < 1.29 is 23.5 Å². The van der Waals surface area contributed by atoms with Gasteiger partial charge in [-0.2, -0.15) is 0 Å². The summed E-state index contributed by atoms with van der Waals surface area (Å²) in [5.74, 6) is -0.0821. The Morgan fingerprint density at radius 2 is 1.89 bits per heavy atom. The van der Waals surface area contributed by atoms with Crippen LogP contribution in [0.1, 0.15) is 44.9 Å². The Kier molecular flexibility index (Phi) is 5.69. The zero-order chi connectivity index (χ0) is 20.1. The molecule has 0 unspecified atom stereocenters. The lowest BCUT2D eigenvalue weighted by atomic mass is 10.0. The van der Waals surface area contributed by atoms with Crippen molar-refractivity contribution in [3.63, 3.8) is 0 Å². The molecule has 0 aliphatic heterocycles. The lowest BCUT2D eigenvalue weighted by molar-refractivity contribution is 0.101. The number of benzene rings is 2. The first-order chi connectivity index (χ1) is 13.5. The van der Waals surface area contributed by atoms with E-state index in [4.69, 9.17) is 9.15 Å². The predicted molar refractivity (Wildman–Crippen MR) is 105 cm³/mol. The van der Waals surface area contributed by atoms with Gasteiger partial charge < -0.3 is 14.5 Å². The van der Waals surface area contributed by atoms with Crippen molar-refractivity contribution in [3.05, 3.63) is 71.7 Å². The van der Waals surface area contributed by atoms with E-state index in [9.17, 15) is 14.4 Å². The summed E-state index contributed by atoms with van der Waals surface area (Å²) in [7, 11) is 0. The molecule has 2 aromatic carbocycles. The molecule has 28 heavy (non-hydrogen) atoms. The Labute approximate surface area is 162 Å². The number of anilines is 1. The minimum atomic E-state index is -0.421. The molecule has 0 spiro atoms. The number of hydrogen-bond donors (Lipinski definition) is 1. The molecule has 0 saturated carbocycles. The zero-order valence-corrected chi connectivity index (χ0v) is 15.5. The van der Waals surface area contributed by atoms with Crippen molar-refractivity contribution in [1.82, 2.24) is 0 Å². The maximum Gasteiger partial charge on any atom is 0.255 e. The van der Waals surface area contributed by atoms with Gasteiger partial charge in [-0.1, -0.05) is 0 Å². The summed E-state index contributed by atoms with van der Waals surface area (Å²) in [5.41, 5.74) is 2.96. The van der Waals surface area contributed by atoms with E-state index in [-0.39, 0.29) is 5.78 Å². The summed E-state index contributed by atoms with van der Waals surface area (Å²) in [6.45, 7) is 3.69. The van der Waals surface area contributed by atoms with E-state index in [0.29, 0.717) is 46.6 Å². The van der Waals surface area contributed by atoms with Gasteiger partial charge in [-0.05, 0) is 61.9 Å². The van der Waals surface area contributed by atoms with Crippen LogP contribution in [0.25, 0.3) is 11.1 Å². The third-order valence-corrected chi connectivity index (χ3v) is 4.14. The van der Waals surface area contributed by atoms with Gasteiger partial charge in [0.05, 0.1) is 24.8 Å². The molecule has 0 saturated heterocycles. The van der Waals surface area contributed by atoms with Gasteiger partial charge in [0.2, 0.25) is 0 Å². The normalized spacial score (nSPS) is 10.4. The first-order valence-corrected chi connectivity index (χ1v) is 8.73. The minimum absolute atomic E-state index is 0.122. The molecule has 6 nitrogen and oxygen atoms in total. The summed E-state index contributed by atoms with van der Waals surface area (Å²) in [6, 6.07) is 11.5. The monoisotopic (exact) mass is 377 g/mol. The van der Waals surface area contributed by atoms with Crippen LogP contribution in [-0.2, 0) is 0 Å². The molecule has 0 aliphatic rings. The molecular formula is C22H19NO5. The fraction of sp³-hybridized carbons (Fsp3) is 0.136. The summed E-state index contributed by atoms with van der Waals surface area (Å²) >= 11 is 0. The highest BCUT2D eigenvalue weighted by Gasteiger charge is 2.14. The molecule has 1 amide bonds. The standard InChI is InChI=1S/C22H19NO5/c1-3-28-21-5-4-16(14(2)25)11-20(21)23-22(26)19-9-15(12-24)8-18(10-19)17-6-7-27-13-17/h4-13H,3H2,1-2H3,(H,23,26). The van der Waals surface area contributed by atoms with Crippen LogP contribution >= 0.6 is 0 Å². The Morgan fingerprint density at radius 1 is 1.07 bits per heavy atom. The highest BCUT2D eigenvalue weighted by atomic mass is 16.5. The SMILES string of the molecule is CCOc1ccc(C(C)=O)cc1NC(=O)c1cc(C=O)cc(-c2ccoc2)c1. The highest BCUT2D eigenvalue weighted by Crippen LogP contribution is 2.28. The van der Waals surface area contributed by atoms with Gasteiger partial charge in [-0.3, -0.25) is 14.4 Å². The molecule has 1 aromatic heterocycles. The van der Waals surface area contributed by atoms with Crippen LogP contribution in [0, 0.1) is 0 Å². The number of furan rings is 1. The molecule has 0 atom stereocenters. The van der Waals surface area contributed by atoms with E-state index in [1.165, 1.54) is 25.5 Å². The maximum atomic E-state index is 12.9. The molecule has 0 bridgehead atoms. The van der Waals surface area contributed by atoms with Crippen LogP contribution < -0.4 is 10.1 Å². The maximum absolute atomic E-state index is 12.9. The van der Waals surface area contributed by atoms with Crippen molar-refractivity contribution >= 4 is 23.7 Å². The van der Waals surface area contributed by atoms with E-state index >= 15 is 0 Å². The van der Waals surface area contributed by atoms with Gasteiger partial charge in [-0.25, -0.2) is 0 Å². The van der Waals surface area contributed by atoms with Gasteiger partial charge in [0.1, 0.15) is 12.0 Å². The van der Waals surface area contributed by atoms with Crippen LogP contribution in [0.5, 0.6) is 5.75 Å². The van der Waals surface area contributed by atoms with E-state index in [0.717, 1.165) is 5.56 Å². The van der Waals surface area contributed by atoms with Crippen LogP contribution in [0.15, 0.2) is 59.4 Å². The average molecular weight is 377 g/mol. The fourth-order valence-corrected chi connectivity index (χ4v) is 2.77. The molecular weight excluding hydrogens is 358 g/mol. The summed E-state index contributed by atoms with van der Waals surface area (Å²) in [4.78, 5) is 35.8. The third-order valence-electron chi connectivity index (χ3n) is 4.14. The number of hydrogen-bond acceptors (Lipinski definition) is 5. The van der Waals surface area contributed by atoms with E-state index in [1.807, 2.05) is 6.92 Å². The van der Waals surface area contributed by atoms with Crippen LogP contribution in [0.2, 0.25) is 0 Å². The smallest absolute Gasteiger partial charge is 0.255 e. The van der Waals surface area contributed by atoms with Gasteiger partial charge in [0.15, 0.2) is 5.78 Å². The molecule has 142 valence electrons. The predicted octanol–water partition coefficient (Wildman–Crippen LogP) is 4.61. The van der Waals surface area contributed by atoms with Crippen molar-refractivity contribution in [3.8, 4) is 16.9 Å². The number of Topliss-reactive ketones (excluding diaryl/α,β-unsaturated/α-hetero) is 1. The second kappa shape index (κ2) is 8.35. The number of ketones is 1. The molecule has 6 heteroatoms. The first kappa shape index (κ1) is 19.1. The van der Waals surface area contributed by atoms with Gasteiger partial charge in [-0.15, -0.1) is 0 Å². The highest BCUT2D eigenvalue weighted by molar-refractivity contribution is 6.07. The number of ether oxygens (including phenoxy) is 1. The number of carbonyl (C=O) groups is 3. The van der Waals surface area contributed by atoms with Crippen molar-refractivity contribution in [2.75, 3.05) is 11.9 Å². The summed E-state index contributed by atoms with van der Waals surface area (Å²) in [6.07, 6.45) is 3.74.